The summed E-state index contributed by atoms with van der Waals surface area (Å²) in [5.41, 5.74) is 0.460. The maximum absolute atomic E-state index is 12.1. The third-order valence-corrected chi connectivity index (χ3v) is 6.06. The van der Waals surface area contributed by atoms with Crippen LogP contribution >= 0.6 is 11.6 Å². The third kappa shape index (κ3) is 3.86. The van der Waals surface area contributed by atoms with Crippen LogP contribution in [0.25, 0.3) is 0 Å². The first kappa shape index (κ1) is 15.0. The van der Waals surface area contributed by atoms with Crippen molar-refractivity contribution in [3.05, 3.63) is 35.5 Å². The van der Waals surface area contributed by atoms with Crippen LogP contribution in [0.5, 0.6) is 0 Å². The predicted molar refractivity (Wildman–Crippen MR) is 103 cm³/mol. The van der Waals surface area contributed by atoms with E-state index in [1.54, 1.807) is 4.72 Å². The van der Waals surface area contributed by atoms with Crippen LogP contribution in [-0.2, 0) is 14.8 Å². The van der Waals surface area contributed by atoms with Gasteiger partial charge in [-0.05, 0) is 44.1 Å². The molecule has 0 unspecified atom stereocenters. The van der Waals surface area contributed by atoms with Crippen molar-refractivity contribution < 1.29 is 17.3 Å². The number of hydrogen-bond donors (Lipinski definition) is 2. The van der Waals surface area contributed by atoms with Gasteiger partial charge < -0.3 is 15.0 Å². The van der Waals surface area contributed by atoms with Crippen LogP contribution in [0.3, 0.4) is 0 Å². The molecule has 1 aromatic heterocycles. The van der Waals surface area contributed by atoms with E-state index in [2.05, 4.69) is 20.2 Å². The zero-order valence-electron chi connectivity index (χ0n) is 17.3. The van der Waals surface area contributed by atoms with Crippen LogP contribution in [0.4, 0.5) is 17.5 Å². The van der Waals surface area contributed by atoms with Crippen LogP contribution in [0.15, 0.2) is 35.4 Å². The van der Waals surface area contributed by atoms with Crippen molar-refractivity contribution in [2.24, 2.45) is 0 Å². The van der Waals surface area contributed by atoms with Crippen molar-refractivity contribution in [2.45, 2.75) is 23.3 Å². The quantitative estimate of drug-likeness (QED) is 0.776. The minimum Gasteiger partial charge on any atom is -0.371 e. The van der Waals surface area contributed by atoms with Crippen LogP contribution in [0.2, 0.25) is 5.02 Å². The predicted octanol–water partition coefficient (Wildman–Crippen LogP) is 2.15. The van der Waals surface area contributed by atoms with Crippen LogP contribution in [0.1, 0.15) is 17.0 Å². The largest absolute Gasteiger partial charge is 0.371 e. The number of nitrogens with zero attached hydrogens (tertiary/aromatic N) is 3. The Balaban J connectivity index is 1.49. The van der Waals surface area contributed by atoms with Gasteiger partial charge >= 0.3 is 0 Å². The SMILES string of the molecule is [2H]C([2H])([2H])NS(=O)(=O)c1ccc(Nc2ncc(Cl)c(N3CCOC4(CC4)C3)n2)cc1. The molecule has 1 aliphatic carbocycles. The lowest BCUT2D eigenvalue weighted by Gasteiger charge is -2.34. The molecule has 1 spiro atoms. The zero-order valence-corrected chi connectivity index (χ0v) is 15.8. The normalized spacial score (nSPS) is 20.6. The van der Waals surface area contributed by atoms with Gasteiger partial charge in [0.1, 0.15) is 5.02 Å². The van der Waals surface area contributed by atoms with Crippen LogP contribution < -0.4 is 14.9 Å². The number of hydrogen-bond acceptors (Lipinski definition) is 7. The van der Waals surface area contributed by atoms with Crippen molar-refractivity contribution in [2.75, 3.05) is 36.9 Å². The minimum absolute atomic E-state index is 0.0792. The monoisotopic (exact) mass is 412 g/mol. The molecule has 2 aromatic rings. The summed E-state index contributed by atoms with van der Waals surface area (Å²) < 4.78 is 52.8. The third-order valence-electron chi connectivity index (χ3n) is 4.64. The first-order valence-corrected chi connectivity index (χ1v) is 10.2. The standard InChI is InChI=1S/C17H20ClN5O3S/c1-19-27(24,25)13-4-2-12(3-5-13)21-16-20-10-14(18)15(22-16)23-8-9-26-17(11-23)6-7-17/h2-5,10,19H,6-9,11H2,1H3,(H,20,21,22)/i1D3. The van der Waals surface area contributed by atoms with Crippen molar-refractivity contribution in [3.63, 3.8) is 0 Å². The van der Waals surface area contributed by atoms with Gasteiger partial charge in [0.25, 0.3) is 0 Å². The molecule has 0 radical (unpaired) electrons. The van der Waals surface area contributed by atoms with E-state index in [0.29, 0.717) is 35.6 Å². The highest BCUT2D eigenvalue weighted by Crippen LogP contribution is 2.43. The lowest BCUT2D eigenvalue weighted by Crippen LogP contribution is -2.44. The molecule has 8 nitrogen and oxygen atoms in total. The van der Waals surface area contributed by atoms with E-state index in [9.17, 15) is 8.42 Å². The zero-order chi connectivity index (χ0) is 21.6. The number of halogens is 1. The molecule has 2 N–H and O–H groups in total. The number of benzene rings is 1. The summed E-state index contributed by atoms with van der Waals surface area (Å²) in [6, 6.07) is 5.59. The van der Waals surface area contributed by atoms with Crippen molar-refractivity contribution in [1.82, 2.24) is 14.7 Å². The summed E-state index contributed by atoms with van der Waals surface area (Å²) in [6.45, 7) is -0.779. The molecular weight excluding hydrogens is 390 g/mol. The summed E-state index contributed by atoms with van der Waals surface area (Å²) >= 11 is 6.31. The number of aromatic nitrogens is 2. The van der Waals surface area contributed by atoms with E-state index in [0.717, 1.165) is 19.4 Å². The van der Waals surface area contributed by atoms with Gasteiger partial charge in [0, 0.05) is 22.9 Å². The summed E-state index contributed by atoms with van der Waals surface area (Å²) in [5.74, 6) is 0.923. The first-order chi connectivity index (χ1) is 14.1. The van der Waals surface area contributed by atoms with E-state index < -0.39 is 17.0 Å². The number of morpholine rings is 1. The van der Waals surface area contributed by atoms with Crippen LogP contribution in [0, 0.1) is 0 Å². The first-order valence-electron chi connectivity index (χ1n) is 9.88. The average Bonchev–Trinajstić information content (AvgIpc) is 3.40. The Morgan fingerprint density at radius 2 is 2.11 bits per heavy atom. The van der Waals surface area contributed by atoms with Gasteiger partial charge in [-0.3, -0.25) is 0 Å². The molecule has 27 heavy (non-hydrogen) atoms. The molecule has 1 saturated carbocycles. The van der Waals surface area contributed by atoms with Crippen molar-refractivity contribution >= 4 is 39.1 Å². The summed E-state index contributed by atoms with van der Waals surface area (Å²) in [5, 5.41) is 3.45. The minimum atomic E-state index is -4.15. The van der Waals surface area contributed by atoms with Gasteiger partial charge in [-0.1, -0.05) is 11.6 Å². The molecule has 2 heterocycles. The second kappa shape index (κ2) is 6.90. The fourth-order valence-corrected chi connectivity index (χ4v) is 3.84. The lowest BCUT2D eigenvalue weighted by molar-refractivity contribution is 0.0204. The molecule has 2 fully saturated rings. The Morgan fingerprint density at radius 3 is 2.81 bits per heavy atom. The van der Waals surface area contributed by atoms with E-state index in [4.69, 9.17) is 20.5 Å². The number of nitrogens with one attached hydrogen (secondary N) is 2. The highest BCUT2D eigenvalue weighted by molar-refractivity contribution is 7.89. The molecule has 0 atom stereocenters. The number of anilines is 3. The summed E-state index contributed by atoms with van der Waals surface area (Å²) in [4.78, 5) is 10.6. The molecule has 0 bridgehead atoms. The number of rotatable bonds is 5. The fourth-order valence-electron chi connectivity index (χ4n) is 3.01. The Labute approximate surface area is 167 Å². The Hall–Kier alpha value is -1.94. The second-order valence-corrected chi connectivity index (χ2v) is 8.66. The van der Waals surface area contributed by atoms with E-state index in [-0.39, 0.29) is 10.5 Å². The van der Waals surface area contributed by atoms with Gasteiger partial charge in [-0.25, -0.2) is 18.1 Å². The number of ether oxygens (including phenoxy) is 1. The molecule has 2 aliphatic rings. The van der Waals surface area contributed by atoms with Crippen molar-refractivity contribution in [3.8, 4) is 0 Å². The molecule has 4 rings (SSSR count). The van der Waals surface area contributed by atoms with Gasteiger partial charge in [0.2, 0.25) is 16.0 Å². The Morgan fingerprint density at radius 1 is 1.33 bits per heavy atom. The van der Waals surface area contributed by atoms with E-state index in [1.165, 1.54) is 30.5 Å². The smallest absolute Gasteiger partial charge is 0.240 e. The maximum Gasteiger partial charge on any atom is 0.240 e. The van der Waals surface area contributed by atoms with E-state index in [1.807, 2.05) is 0 Å². The van der Waals surface area contributed by atoms with Crippen LogP contribution in [-0.4, -0.2) is 50.7 Å². The number of sulfonamides is 1. The topological polar surface area (TPSA) is 96.5 Å². The molecule has 1 saturated heterocycles. The van der Waals surface area contributed by atoms with Crippen molar-refractivity contribution in [1.29, 1.82) is 0 Å². The van der Waals surface area contributed by atoms with E-state index >= 15 is 0 Å². The molecule has 0 amide bonds. The van der Waals surface area contributed by atoms with Gasteiger partial charge in [0.15, 0.2) is 5.82 Å². The molecule has 1 aliphatic heterocycles. The Kier molecular flexibility index (Phi) is 3.84. The van der Waals surface area contributed by atoms with Gasteiger partial charge in [-0.15, -0.1) is 0 Å². The highest BCUT2D eigenvalue weighted by atomic mass is 35.5. The summed E-state index contributed by atoms with van der Waals surface area (Å²) in [6.07, 6.45) is 3.58. The summed E-state index contributed by atoms with van der Waals surface area (Å²) in [7, 11) is -4.15. The van der Waals surface area contributed by atoms with Gasteiger partial charge in [-0.2, -0.15) is 4.98 Å². The van der Waals surface area contributed by atoms with Gasteiger partial charge in [0.05, 0.1) is 23.3 Å². The lowest BCUT2D eigenvalue weighted by atomic mass is 10.2. The highest BCUT2D eigenvalue weighted by Gasteiger charge is 2.48. The molecule has 1 aromatic carbocycles. The average molecular weight is 413 g/mol. The fraction of sp³-hybridized carbons (Fsp3) is 0.412. The maximum atomic E-state index is 12.1. The Bertz CT molecular complexity index is 1050. The molecular formula is C17H20ClN5O3S. The second-order valence-electron chi connectivity index (χ2n) is 6.57. The molecule has 10 heteroatoms. The molecule has 144 valence electrons.